The molecule has 5 atom stereocenters. The van der Waals surface area contributed by atoms with Crippen molar-refractivity contribution in [1.29, 1.82) is 0 Å². The van der Waals surface area contributed by atoms with Crippen LogP contribution in [0.5, 0.6) is 0 Å². The summed E-state index contributed by atoms with van der Waals surface area (Å²) in [4.78, 5) is 11.8. The molecule has 2 rings (SSSR count). The van der Waals surface area contributed by atoms with E-state index in [1.54, 1.807) is 18.2 Å². The largest absolute Gasteiger partial charge is 0.429 e. The van der Waals surface area contributed by atoms with E-state index in [1.807, 2.05) is 0 Å². The molecule has 0 saturated carbocycles. The fourth-order valence-corrected chi connectivity index (χ4v) is 1.94. The monoisotopic (exact) mass is 284 g/mol. The van der Waals surface area contributed by atoms with Crippen LogP contribution < -0.4 is 0 Å². The molecule has 1 heterocycles. The van der Waals surface area contributed by atoms with Crippen molar-refractivity contribution >= 4 is 5.97 Å². The molecule has 1 aliphatic rings. The third-order valence-corrected chi connectivity index (χ3v) is 3.06. The highest BCUT2D eigenvalue weighted by atomic mass is 16.7. The Hall–Kier alpha value is -1.51. The Morgan fingerprint density at radius 2 is 1.90 bits per heavy atom. The molecule has 1 aromatic carbocycles. The molecule has 1 saturated heterocycles. The summed E-state index contributed by atoms with van der Waals surface area (Å²) in [5, 5.41) is 37.6. The zero-order valence-corrected chi connectivity index (χ0v) is 10.5. The highest BCUT2D eigenvalue weighted by Gasteiger charge is 2.47. The first-order valence-electron chi connectivity index (χ1n) is 6.11. The standard InChI is InChI=1S/C13H16O7/c14-6-8(15)11-9(16)10(17)13(19-11)20-12(18)7-4-2-1-3-5-7/h1-5,8-11,13-17H,6H2/t8-,9-,10-,11+,13-/m1/s1. The van der Waals surface area contributed by atoms with Crippen molar-refractivity contribution in [3.05, 3.63) is 35.9 Å². The second kappa shape index (κ2) is 6.29. The minimum atomic E-state index is -1.49. The second-order valence-electron chi connectivity index (χ2n) is 4.47. The van der Waals surface area contributed by atoms with E-state index in [-0.39, 0.29) is 5.56 Å². The highest BCUT2D eigenvalue weighted by molar-refractivity contribution is 5.89. The number of aliphatic hydroxyl groups is 4. The first-order valence-corrected chi connectivity index (χ1v) is 6.11. The summed E-state index contributed by atoms with van der Waals surface area (Å²) >= 11 is 0. The van der Waals surface area contributed by atoms with Crippen LogP contribution in [0.4, 0.5) is 0 Å². The zero-order chi connectivity index (χ0) is 14.7. The van der Waals surface area contributed by atoms with Crippen LogP contribution in [-0.4, -0.2) is 63.7 Å². The lowest BCUT2D eigenvalue weighted by atomic mass is 10.1. The molecule has 0 aliphatic carbocycles. The lowest BCUT2D eigenvalue weighted by Gasteiger charge is -2.18. The Balaban J connectivity index is 2.02. The Bertz CT molecular complexity index is 449. The fourth-order valence-electron chi connectivity index (χ4n) is 1.94. The van der Waals surface area contributed by atoms with E-state index in [1.165, 1.54) is 12.1 Å². The molecular formula is C13H16O7. The molecular weight excluding hydrogens is 268 g/mol. The van der Waals surface area contributed by atoms with Crippen molar-refractivity contribution in [2.24, 2.45) is 0 Å². The molecule has 1 fully saturated rings. The third-order valence-electron chi connectivity index (χ3n) is 3.06. The maximum Gasteiger partial charge on any atom is 0.340 e. The highest BCUT2D eigenvalue weighted by Crippen LogP contribution is 2.25. The van der Waals surface area contributed by atoms with Crippen LogP contribution in [-0.2, 0) is 9.47 Å². The lowest BCUT2D eigenvalue weighted by molar-refractivity contribution is -0.154. The number of rotatable bonds is 4. The molecule has 7 heteroatoms. The molecule has 0 aromatic heterocycles. The van der Waals surface area contributed by atoms with Gasteiger partial charge < -0.3 is 29.9 Å². The van der Waals surface area contributed by atoms with Crippen molar-refractivity contribution in [2.75, 3.05) is 6.61 Å². The normalized spacial score (nSPS) is 31.0. The van der Waals surface area contributed by atoms with Crippen LogP contribution in [0.1, 0.15) is 10.4 Å². The van der Waals surface area contributed by atoms with Crippen LogP contribution >= 0.6 is 0 Å². The summed E-state index contributed by atoms with van der Waals surface area (Å²) in [5.74, 6) is -0.721. The quantitative estimate of drug-likeness (QED) is 0.505. The molecule has 4 N–H and O–H groups in total. The Kier molecular flexibility index (Phi) is 4.69. The molecule has 1 aromatic rings. The van der Waals surface area contributed by atoms with E-state index < -0.39 is 43.3 Å². The summed E-state index contributed by atoms with van der Waals surface area (Å²) < 4.78 is 10.0. The topological polar surface area (TPSA) is 116 Å². The number of esters is 1. The van der Waals surface area contributed by atoms with Crippen LogP contribution in [0, 0.1) is 0 Å². The van der Waals surface area contributed by atoms with Gasteiger partial charge in [0.15, 0.2) is 0 Å². The number of benzene rings is 1. The number of hydrogen-bond donors (Lipinski definition) is 4. The van der Waals surface area contributed by atoms with Crippen molar-refractivity contribution in [2.45, 2.75) is 30.7 Å². The number of carbonyl (C=O) groups is 1. The van der Waals surface area contributed by atoms with Gasteiger partial charge in [-0.15, -0.1) is 0 Å². The first kappa shape index (κ1) is 14.9. The summed E-state index contributed by atoms with van der Waals surface area (Å²) in [6, 6.07) is 8.08. The maximum absolute atomic E-state index is 11.8. The van der Waals surface area contributed by atoms with Crippen LogP contribution in [0.2, 0.25) is 0 Å². The van der Waals surface area contributed by atoms with Gasteiger partial charge in [-0.2, -0.15) is 0 Å². The summed E-state index contributed by atoms with van der Waals surface area (Å²) in [5.41, 5.74) is 0.268. The summed E-state index contributed by atoms with van der Waals surface area (Å²) in [7, 11) is 0. The van der Waals surface area contributed by atoms with Crippen molar-refractivity contribution in [3.8, 4) is 0 Å². The van der Waals surface area contributed by atoms with Gasteiger partial charge in [0.1, 0.15) is 24.4 Å². The number of aliphatic hydroxyl groups excluding tert-OH is 4. The average Bonchev–Trinajstić information content (AvgIpc) is 2.76. The zero-order valence-electron chi connectivity index (χ0n) is 10.5. The van der Waals surface area contributed by atoms with E-state index in [0.717, 1.165) is 0 Å². The van der Waals surface area contributed by atoms with Crippen LogP contribution in [0.3, 0.4) is 0 Å². The average molecular weight is 284 g/mol. The van der Waals surface area contributed by atoms with Crippen LogP contribution in [0.15, 0.2) is 30.3 Å². The fraction of sp³-hybridized carbons (Fsp3) is 0.462. The van der Waals surface area contributed by atoms with Gasteiger partial charge in [-0.1, -0.05) is 18.2 Å². The predicted molar refractivity (Wildman–Crippen MR) is 65.6 cm³/mol. The number of ether oxygens (including phenoxy) is 2. The first-order chi connectivity index (χ1) is 9.54. The van der Waals surface area contributed by atoms with Gasteiger partial charge in [0.2, 0.25) is 6.29 Å². The van der Waals surface area contributed by atoms with Gasteiger partial charge in [-0.25, -0.2) is 4.79 Å². The van der Waals surface area contributed by atoms with Gasteiger partial charge >= 0.3 is 5.97 Å². The Labute approximate surface area is 115 Å². The van der Waals surface area contributed by atoms with E-state index in [2.05, 4.69) is 0 Å². The SMILES string of the molecule is O=C(O[C@H]1O[C@@H]([C@H](O)CO)[C@H](O)[C@H]1O)c1ccccc1. The minimum Gasteiger partial charge on any atom is -0.429 e. The van der Waals surface area contributed by atoms with Gasteiger partial charge in [0.25, 0.3) is 0 Å². The molecule has 110 valence electrons. The molecule has 7 nitrogen and oxygen atoms in total. The molecule has 0 amide bonds. The maximum atomic E-state index is 11.8. The van der Waals surface area contributed by atoms with Gasteiger partial charge in [0.05, 0.1) is 12.2 Å². The van der Waals surface area contributed by atoms with Crippen molar-refractivity contribution in [1.82, 2.24) is 0 Å². The molecule has 0 bridgehead atoms. The summed E-state index contributed by atoms with van der Waals surface area (Å²) in [6.45, 7) is -0.645. The molecule has 20 heavy (non-hydrogen) atoms. The predicted octanol–water partition coefficient (Wildman–Crippen LogP) is -1.36. The minimum absolute atomic E-state index is 0.268. The molecule has 0 unspecified atom stereocenters. The second-order valence-corrected chi connectivity index (χ2v) is 4.47. The smallest absolute Gasteiger partial charge is 0.340 e. The Morgan fingerprint density at radius 3 is 2.50 bits per heavy atom. The Morgan fingerprint density at radius 1 is 1.25 bits per heavy atom. The third kappa shape index (κ3) is 2.97. The lowest BCUT2D eigenvalue weighted by Crippen LogP contribution is -2.40. The van der Waals surface area contributed by atoms with Gasteiger partial charge in [-0.3, -0.25) is 0 Å². The van der Waals surface area contributed by atoms with E-state index in [9.17, 15) is 20.1 Å². The number of hydrogen-bond acceptors (Lipinski definition) is 7. The van der Waals surface area contributed by atoms with E-state index >= 15 is 0 Å². The van der Waals surface area contributed by atoms with Crippen LogP contribution in [0.25, 0.3) is 0 Å². The van der Waals surface area contributed by atoms with Crippen molar-refractivity contribution in [3.63, 3.8) is 0 Å². The van der Waals surface area contributed by atoms with E-state index in [4.69, 9.17) is 14.6 Å². The number of carbonyl (C=O) groups excluding carboxylic acids is 1. The summed E-state index contributed by atoms with van der Waals surface area (Å²) in [6.07, 6.45) is -6.94. The molecule has 1 aliphatic heterocycles. The van der Waals surface area contributed by atoms with Crippen molar-refractivity contribution < 1.29 is 34.7 Å². The van der Waals surface area contributed by atoms with Gasteiger partial charge in [0, 0.05) is 0 Å². The molecule has 0 radical (unpaired) electrons. The van der Waals surface area contributed by atoms with E-state index in [0.29, 0.717) is 0 Å². The molecule has 0 spiro atoms. The van der Waals surface area contributed by atoms with Gasteiger partial charge in [-0.05, 0) is 12.1 Å².